The number of hydrogen-bond acceptors (Lipinski definition) is 5. The van der Waals surface area contributed by atoms with E-state index in [1.165, 1.54) is 0 Å². The fourth-order valence-electron chi connectivity index (χ4n) is 2.45. The molecule has 1 fully saturated rings. The minimum atomic E-state index is -0.721. The molecular weight excluding hydrogens is 258 g/mol. The zero-order chi connectivity index (χ0) is 14.8. The topological polar surface area (TPSA) is 68.5 Å². The molecule has 0 spiro atoms. The van der Waals surface area contributed by atoms with Gasteiger partial charge in [-0.05, 0) is 40.0 Å². The fraction of sp³-hybridized carbons (Fsp3) is 0.786. The molecule has 0 aliphatic carbocycles. The van der Waals surface area contributed by atoms with Gasteiger partial charge < -0.3 is 14.2 Å². The first-order valence-electron chi connectivity index (χ1n) is 7.16. The second-order valence-corrected chi connectivity index (χ2v) is 5.79. The standard InChI is InChI=1S/C14H23N3O3/c1-10(2)17(9-12-15-11(3)20-16-12)13(18)14(4)7-5-6-8-19-14/h10H,5-9H2,1-4H3. The second kappa shape index (κ2) is 5.91. The highest BCUT2D eigenvalue weighted by Crippen LogP contribution is 2.28. The number of aromatic nitrogens is 2. The molecule has 1 amide bonds. The van der Waals surface area contributed by atoms with Crippen LogP contribution < -0.4 is 0 Å². The molecule has 1 aromatic rings. The molecular formula is C14H23N3O3. The van der Waals surface area contributed by atoms with E-state index in [0.717, 1.165) is 19.3 Å². The molecule has 0 radical (unpaired) electrons. The molecule has 1 aliphatic rings. The van der Waals surface area contributed by atoms with E-state index in [4.69, 9.17) is 9.26 Å². The van der Waals surface area contributed by atoms with Crippen LogP contribution in [0.5, 0.6) is 0 Å². The largest absolute Gasteiger partial charge is 0.365 e. The molecule has 112 valence electrons. The molecule has 1 aliphatic heterocycles. The van der Waals surface area contributed by atoms with Crippen molar-refractivity contribution < 1.29 is 14.1 Å². The zero-order valence-electron chi connectivity index (χ0n) is 12.7. The van der Waals surface area contributed by atoms with Gasteiger partial charge in [-0.2, -0.15) is 4.98 Å². The smallest absolute Gasteiger partial charge is 0.255 e. The minimum Gasteiger partial charge on any atom is -0.365 e. The summed E-state index contributed by atoms with van der Waals surface area (Å²) < 4.78 is 10.7. The Morgan fingerprint density at radius 3 is 2.70 bits per heavy atom. The van der Waals surface area contributed by atoms with Gasteiger partial charge in [0, 0.05) is 19.6 Å². The van der Waals surface area contributed by atoms with Crippen molar-refractivity contribution >= 4 is 5.91 Å². The summed E-state index contributed by atoms with van der Waals surface area (Å²) in [4.78, 5) is 18.7. The van der Waals surface area contributed by atoms with E-state index in [9.17, 15) is 4.79 Å². The quantitative estimate of drug-likeness (QED) is 0.845. The molecule has 6 nitrogen and oxygen atoms in total. The van der Waals surface area contributed by atoms with Gasteiger partial charge in [0.2, 0.25) is 5.89 Å². The molecule has 0 bridgehead atoms. The molecule has 20 heavy (non-hydrogen) atoms. The van der Waals surface area contributed by atoms with Crippen molar-refractivity contribution in [2.75, 3.05) is 6.61 Å². The summed E-state index contributed by atoms with van der Waals surface area (Å²) in [6, 6.07) is 0.0589. The first-order chi connectivity index (χ1) is 9.42. The maximum absolute atomic E-state index is 12.8. The summed E-state index contributed by atoms with van der Waals surface area (Å²) in [6.07, 6.45) is 2.81. The molecule has 0 aromatic carbocycles. The lowest BCUT2D eigenvalue weighted by Gasteiger charge is -2.38. The highest BCUT2D eigenvalue weighted by Gasteiger charge is 2.40. The van der Waals surface area contributed by atoms with Crippen LogP contribution in [0.25, 0.3) is 0 Å². The Morgan fingerprint density at radius 1 is 1.45 bits per heavy atom. The van der Waals surface area contributed by atoms with Gasteiger partial charge in [0.05, 0.1) is 6.54 Å². The summed E-state index contributed by atoms with van der Waals surface area (Å²) in [5, 5.41) is 3.87. The van der Waals surface area contributed by atoms with E-state index in [2.05, 4.69) is 10.1 Å². The van der Waals surface area contributed by atoms with Crippen molar-refractivity contribution in [3.63, 3.8) is 0 Å². The van der Waals surface area contributed by atoms with Crippen LogP contribution in [0.15, 0.2) is 4.52 Å². The lowest BCUT2D eigenvalue weighted by Crippen LogP contribution is -2.52. The molecule has 6 heteroatoms. The summed E-state index contributed by atoms with van der Waals surface area (Å²) >= 11 is 0. The Labute approximate surface area is 119 Å². The van der Waals surface area contributed by atoms with Gasteiger partial charge in [-0.1, -0.05) is 5.16 Å². The Hall–Kier alpha value is -1.43. The minimum absolute atomic E-state index is 0.00894. The molecule has 1 saturated heterocycles. The number of carbonyl (C=O) groups is 1. The molecule has 1 atom stereocenters. The molecule has 0 N–H and O–H groups in total. The van der Waals surface area contributed by atoms with Crippen LogP contribution in [0, 0.1) is 6.92 Å². The fourth-order valence-corrected chi connectivity index (χ4v) is 2.45. The highest BCUT2D eigenvalue weighted by atomic mass is 16.5. The summed E-state index contributed by atoms with van der Waals surface area (Å²) in [5.74, 6) is 1.05. The monoisotopic (exact) mass is 281 g/mol. The average molecular weight is 281 g/mol. The third kappa shape index (κ3) is 3.17. The number of nitrogens with zero attached hydrogens (tertiary/aromatic N) is 3. The van der Waals surface area contributed by atoms with Crippen LogP contribution in [0.4, 0.5) is 0 Å². The van der Waals surface area contributed by atoms with Crippen molar-refractivity contribution in [1.29, 1.82) is 0 Å². The number of hydrogen-bond donors (Lipinski definition) is 0. The van der Waals surface area contributed by atoms with E-state index in [1.54, 1.807) is 11.8 Å². The highest BCUT2D eigenvalue weighted by molar-refractivity contribution is 5.85. The number of carbonyl (C=O) groups excluding carboxylic acids is 1. The normalized spacial score (nSPS) is 23.1. The lowest BCUT2D eigenvalue weighted by molar-refractivity contribution is -0.164. The Bertz CT molecular complexity index is 464. The van der Waals surface area contributed by atoms with Crippen LogP contribution in [0.3, 0.4) is 0 Å². The second-order valence-electron chi connectivity index (χ2n) is 5.79. The van der Waals surface area contributed by atoms with Gasteiger partial charge in [0.25, 0.3) is 5.91 Å². The number of amides is 1. The SMILES string of the molecule is Cc1nc(CN(C(=O)C2(C)CCCCO2)C(C)C)no1. The predicted molar refractivity (Wildman–Crippen MR) is 72.9 cm³/mol. The molecule has 1 unspecified atom stereocenters. The van der Waals surface area contributed by atoms with Crippen LogP contribution in [-0.4, -0.2) is 39.2 Å². The third-order valence-corrected chi connectivity index (χ3v) is 3.69. The van der Waals surface area contributed by atoms with Crippen molar-refractivity contribution in [2.45, 2.75) is 65.1 Å². The van der Waals surface area contributed by atoms with Crippen LogP contribution in [0.2, 0.25) is 0 Å². The number of rotatable bonds is 4. The summed E-state index contributed by atoms with van der Waals surface area (Å²) in [5.41, 5.74) is -0.721. The van der Waals surface area contributed by atoms with Gasteiger partial charge in [0.15, 0.2) is 5.82 Å². The number of aryl methyl sites for hydroxylation is 1. The van der Waals surface area contributed by atoms with Crippen molar-refractivity contribution in [3.8, 4) is 0 Å². The Morgan fingerprint density at radius 2 is 2.20 bits per heavy atom. The van der Waals surface area contributed by atoms with Gasteiger partial charge in [-0.3, -0.25) is 4.79 Å². The van der Waals surface area contributed by atoms with E-state index >= 15 is 0 Å². The van der Waals surface area contributed by atoms with Gasteiger partial charge >= 0.3 is 0 Å². The Kier molecular flexibility index (Phi) is 4.42. The third-order valence-electron chi connectivity index (χ3n) is 3.69. The predicted octanol–water partition coefficient (Wildman–Crippen LogP) is 2.07. The van der Waals surface area contributed by atoms with Crippen molar-refractivity contribution in [3.05, 3.63) is 11.7 Å². The zero-order valence-corrected chi connectivity index (χ0v) is 12.7. The summed E-state index contributed by atoms with van der Waals surface area (Å²) in [7, 11) is 0. The average Bonchev–Trinajstić information content (AvgIpc) is 2.81. The number of ether oxygens (including phenoxy) is 1. The van der Waals surface area contributed by atoms with E-state index in [-0.39, 0.29) is 11.9 Å². The molecule has 0 saturated carbocycles. The maximum atomic E-state index is 12.8. The molecule has 2 heterocycles. The first-order valence-corrected chi connectivity index (χ1v) is 7.16. The molecule has 1 aromatic heterocycles. The van der Waals surface area contributed by atoms with Crippen LogP contribution >= 0.6 is 0 Å². The van der Waals surface area contributed by atoms with Gasteiger partial charge in [0.1, 0.15) is 5.60 Å². The van der Waals surface area contributed by atoms with Crippen molar-refractivity contribution in [1.82, 2.24) is 15.0 Å². The van der Waals surface area contributed by atoms with E-state index in [1.807, 2.05) is 20.8 Å². The van der Waals surface area contributed by atoms with E-state index < -0.39 is 5.60 Å². The van der Waals surface area contributed by atoms with Gasteiger partial charge in [-0.25, -0.2) is 0 Å². The summed E-state index contributed by atoms with van der Waals surface area (Å²) in [6.45, 7) is 8.59. The molecule has 2 rings (SSSR count). The van der Waals surface area contributed by atoms with E-state index in [0.29, 0.717) is 24.9 Å². The lowest BCUT2D eigenvalue weighted by atomic mass is 9.94. The Balaban J connectivity index is 2.13. The first kappa shape index (κ1) is 15.0. The van der Waals surface area contributed by atoms with Crippen molar-refractivity contribution in [2.24, 2.45) is 0 Å². The maximum Gasteiger partial charge on any atom is 0.255 e. The van der Waals surface area contributed by atoms with Crippen LogP contribution in [0.1, 0.15) is 51.7 Å². The van der Waals surface area contributed by atoms with Gasteiger partial charge in [-0.15, -0.1) is 0 Å². The van der Waals surface area contributed by atoms with Crippen LogP contribution in [-0.2, 0) is 16.1 Å².